The summed E-state index contributed by atoms with van der Waals surface area (Å²) in [6.45, 7) is 0.457. The van der Waals surface area contributed by atoms with Gasteiger partial charge in [-0.1, -0.05) is 0 Å². The van der Waals surface area contributed by atoms with E-state index in [0.29, 0.717) is 6.54 Å². The number of thiazole rings is 1. The first-order chi connectivity index (χ1) is 9.78. The molecule has 0 spiro atoms. The van der Waals surface area contributed by atoms with E-state index in [-0.39, 0.29) is 11.7 Å². The Balaban J connectivity index is 1.91. The third-order valence-corrected chi connectivity index (χ3v) is 3.99. The standard InChI is InChI=1S/C14H13FN4S/c15-10-3-1-9(2-4-10)12-7-13(19-18-12)11(8-16)14-17-5-6-20-14/h1-7,11H,8,16H2,(H,18,19). The molecule has 0 amide bonds. The van der Waals surface area contributed by atoms with Crippen LogP contribution in [0.4, 0.5) is 4.39 Å². The highest BCUT2D eigenvalue weighted by Gasteiger charge is 2.18. The summed E-state index contributed by atoms with van der Waals surface area (Å²) >= 11 is 1.57. The molecule has 0 fully saturated rings. The maximum Gasteiger partial charge on any atom is 0.123 e. The molecule has 102 valence electrons. The van der Waals surface area contributed by atoms with Crippen molar-refractivity contribution >= 4 is 11.3 Å². The lowest BCUT2D eigenvalue weighted by Gasteiger charge is -2.08. The van der Waals surface area contributed by atoms with Crippen LogP contribution in [0.25, 0.3) is 11.3 Å². The van der Waals surface area contributed by atoms with Gasteiger partial charge in [-0.25, -0.2) is 9.37 Å². The van der Waals surface area contributed by atoms with Crippen molar-refractivity contribution in [2.24, 2.45) is 5.73 Å². The third-order valence-electron chi connectivity index (χ3n) is 3.10. The van der Waals surface area contributed by atoms with Gasteiger partial charge in [0.25, 0.3) is 0 Å². The van der Waals surface area contributed by atoms with Crippen molar-refractivity contribution in [1.29, 1.82) is 0 Å². The molecule has 3 rings (SSSR count). The van der Waals surface area contributed by atoms with Crippen molar-refractivity contribution in [3.8, 4) is 11.3 Å². The zero-order valence-corrected chi connectivity index (χ0v) is 11.4. The molecule has 0 aliphatic carbocycles. The van der Waals surface area contributed by atoms with Gasteiger partial charge in [0.1, 0.15) is 10.8 Å². The van der Waals surface area contributed by atoms with Gasteiger partial charge in [-0.05, 0) is 30.3 Å². The van der Waals surface area contributed by atoms with Crippen LogP contribution in [0.2, 0.25) is 0 Å². The Morgan fingerprint density at radius 2 is 2.10 bits per heavy atom. The van der Waals surface area contributed by atoms with E-state index in [2.05, 4.69) is 15.2 Å². The highest BCUT2D eigenvalue weighted by Crippen LogP contribution is 2.27. The summed E-state index contributed by atoms with van der Waals surface area (Å²) in [5.41, 5.74) is 8.39. The van der Waals surface area contributed by atoms with Crippen LogP contribution in [-0.4, -0.2) is 21.7 Å². The molecule has 3 N–H and O–H groups in total. The predicted octanol–water partition coefficient (Wildman–Crippen LogP) is 2.76. The van der Waals surface area contributed by atoms with Crippen LogP contribution in [0.5, 0.6) is 0 Å². The van der Waals surface area contributed by atoms with Gasteiger partial charge in [-0.15, -0.1) is 11.3 Å². The van der Waals surface area contributed by atoms with Crippen LogP contribution < -0.4 is 5.73 Å². The van der Waals surface area contributed by atoms with Crippen molar-refractivity contribution in [3.63, 3.8) is 0 Å². The molecule has 0 aliphatic rings. The lowest BCUT2D eigenvalue weighted by atomic mass is 10.1. The minimum Gasteiger partial charge on any atom is -0.329 e. The van der Waals surface area contributed by atoms with E-state index >= 15 is 0 Å². The van der Waals surface area contributed by atoms with Crippen molar-refractivity contribution in [1.82, 2.24) is 15.2 Å². The van der Waals surface area contributed by atoms with E-state index in [1.807, 2.05) is 11.4 Å². The van der Waals surface area contributed by atoms with Gasteiger partial charge in [0.2, 0.25) is 0 Å². The van der Waals surface area contributed by atoms with Crippen LogP contribution >= 0.6 is 11.3 Å². The first kappa shape index (κ1) is 13.0. The molecule has 2 heterocycles. The van der Waals surface area contributed by atoms with Crippen LogP contribution in [0, 0.1) is 5.82 Å². The molecular weight excluding hydrogens is 275 g/mol. The molecular formula is C14H13FN4S. The topological polar surface area (TPSA) is 67.6 Å². The number of hydrogen-bond donors (Lipinski definition) is 2. The Labute approximate surface area is 119 Å². The Kier molecular flexibility index (Phi) is 3.58. The van der Waals surface area contributed by atoms with E-state index in [9.17, 15) is 4.39 Å². The molecule has 0 bridgehead atoms. The Morgan fingerprint density at radius 3 is 2.75 bits per heavy atom. The van der Waals surface area contributed by atoms with Gasteiger partial charge in [0.05, 0.1) is 11.6 Å². The molecule has 2 aromatic heterocycles. The number of H-pyrrole nitrogens is 1. The molecule has 20 heavy (non-hydrogen) atoms. The number of aromatic amines is 1. The summed E-state index contributed by atoms with van der Waals surface area (Å²) in [4.78, 5) is 4.30. The summed E-state index contributed by atoms with van der Waals surface area (Å²) in [5, 5.41) is 10.2. The lowest BCUT2D eigenvalue weighted by molar-refractivity contribution is 0.628. The van der Waals surface area contributed by atoms with Crippen molar-refractivity contribution < 1.29 is 4.39 Å². The minimum atomic E-state index is -0.257. The number of nitrogens with two attached hydrogens (primary N) is 1. The predicted molar refractivity (Wildman–Crippen MR) is 77.0 cm³/mol. The summed E-state index contributed by atoms with van der Waals surface area (Å²) in [6.07, 6.45) is 1.76. The lowest BCUT2D eigenvalue weighted by Crippen LogP contribution is -2.13. The number of nitrogens with zero attached hydrogens (tertiary/aromatic N) is 2. The van der Waals surface area contributed by atoms with Crippen molar-refractivity contribution in [3.05, 3.63) is 58.4 Å². The molecule has 1 unspecified atom stereocenters. The van der Waals surface area contributed by atoms with Crippen LogP contribution in [-0.2, 0) is 0 Å². The van der Waals surface area contributed by atoms with Crippen LogP contribution in [0.1, 0.15) is 16.6 Å². The van der Waals surface area contributed by atoms with Crippen LogP contribution in [0.15, 0.2) is 41.9 Å². The van der Waals surface area contributed by atoms with Crippen molar-refractivity contribution in [2.45, 2.75) is 5.92 Å². The SMILES string of the molecule is NCC(c1cc(-c2ccc(F)cc2)n[nH]1)c1nccs1. The fourth-order valence-electron chi connectivity index (χ4n) is 2.05. The van der Waals surface area contributed by atoms with Gasteiger partial charge >= 0.3 is 0 Å². The van der Waals surface area contributed by atoms with E-state index in [0.717, 1.165) is 22.0 Å². The molecule has 0 radical (unpaired) electrons. The number of rotatable bonds is 4. The maximum absolute atomic E-state index is 12.9. The van der Waals surface area contributed by atoms with Gasteiger partial charge in [-0.2, -0.15) is 5.10 Å². The molecule has 0 saturated carbocycles. The average molecular weight is 288 g/mol. The van der Waals surface area contributed by atoms with Gasteiger partial charge in [0.15, 0.2) is 0 Å². The number of nitrogens with one attached hydrogen (secondary N) is 1. The van der Waals surface area contributed by atoms with Gasteiger partial charge < -0.3 is 5.73 Å². The third kappa shape index (κ3) is 2.48. The summed E-state index contributed by atoms with van der Waals surface area (Å²) in [6, 6.07) is 8.19. The maximum atomic E-state index is 12.9. The quantitative estimate of drug-likeness (QED) is 0.775. The summed E-state index contributed by atoms with van der Waals surface area (Å²) < 4.78 is 12.9. The first-order valence-corrected chi connectivity index (χ1v) is 7.06. The molecule has 1 aromatic carbocycles. The molecule has 4 nitrogen and oxygen atoms in total. The number of halogens is 1. The average Bonchev–Trinajstić information content (AvgIpc) is 3.12. The number of hydrogen-bond acceptors (Lipinski definition) is 4. The second kappa shape index (κ2) is 5.52. The van der Waals surface area contributed by atoms with E-state index in [4.69, 9.17) is 5.73 Å². The zero-order valence-electron chi connectivity index (χ0n) is 10.6. The fraction of sp³-hybridized carbons (Fsp3) is 0.143. The largest absolute Gasteiger partial charge is 0.329 e. The van der Waals surface area contributed by atoms with Crippen LogP contribution in [0.3, 0.4) is 0 Å². The minimum absolute atomic E-state index is 0.0108. The molecule has 3 aromatic rings. The van der Waals surface area contributed by atoms with Gasteiger partial charge in [0, 0.05) is 29.4 Å². The van der Waals surface area contributed by atoms with Crippen molar-refractivity contribution in [2.75, 3.05) is 6.54 Å². The first-order valence-electron chi connectivity index (χ1n) is 6.18. The summed E-state index contributed by atoms with van der Waals surface area (Å²) in [7, 11) is 0. The van der Waals surface area contributed by atoms with E-state index in [1.165, 1.54) is 12.1 Å². The molecule has 6 heteroatoms. The Bertz CT molecular complexity index is 676. The number of aromatic nitrogens is 3. The molecule has 0 aliphatic heterocycles. The Hall–Kier alpha value is -2.05. The number of benzene rings is 1. The molecule has 0 saturated heterocycles. The van der Waals surface area contributed by atoms with Gasteiger partial charge in [-0.3, -0.25) is 5.10 Å². The second-order valence-electron chi connectivity index (χ2n) is 4.37. The normalized spacial score (nSPS) is 12.5. The van der Waals surface area contributed by atoms with E-state index < -0.39 is 0 Å². The second-order valence-corrected chi connectivity index (χ2v) is 5.30. The Morgan fingerprint density at radius 1 is 1.30 bits per heavy atom. The van der Waals surface area contributed by atoms with E-state index in [1.54, 1.807) is 29.7 Å². The monoisotopic (exact) mass is 288 g/mol. The zero-order chi connectivity index (χ0) is 13.9. The highest BCUT2D eigenvalue weighted by molar-refractivity contribution is 7.09. The molecule has 1 atom stereocenters. The summed E-state index contributed by atoms with van der Waals surface area (Å²) in [5.74, 6) is -0.246. The smallest absolute Gasteiger partial charge is 0.123 e. The fourth-order valence-corrected chi connectivity index (χ4v) is 2.82. The highest BCUT2D eigenvalue weighted by atomic mass is 32.1.